The molecule has 0 aliphatic carbocycles. The van der Waals surface area contributed by atoms with Gasteiger partial charge in [-0.25, -0.2) is 0 Å². The number of aliphatic hydroxyl groups is 2. The van der Waals surface area contributed by atoms with E-state index < -0.39 is 18.2 Å². The molecule has 0 radical (unpaired) electrons. The molecule has 6 nitrogen and oxygen atoms in total. The van der Waals surface area contributed by atoms with Gasteiger partial charge in [-0.3, -0.25) is 9.59 Å². The number of hydrogen-bond acceptors (Lipinski definition) is 5. The van der Waals surface area contributed by atoms with Crippen LogP contribution in [0.3, 0.4) is 0 Å². The highest BCUT2D eigenvalue weighted by Crippen LogP contribution is 2.17. The van der Waals surface area contributed by atoms with E-state index in [2.05, 4.69) is 62.5 Å². The molecule has 1 amide bonds. The highest BCUT2D eigenvalue weighted by Gasteiger charge is 2.24. The predicted molar refractivity (Wildman–Crippen MR) is 236 cm³/mol. The molecule has 3 unspecified atom stereocenters. The molecule has 0 bridgehead atoms. The van der Waals surface area contributed by atoms with Crippen molar-refractivity contribution in [2.24, 2.45) is 0 Å². The molecule has 0 saturated carbocycles. The van der Waals surface area contributed by atoms with Gasteiger partial charge in [0, 0.05) is 6.42 Å². The van der Waals surface area contributed by atoms with Gasteiger partial charge in [-0.15, -0.1) is 0 Å². The Morgan fingerprint density at radius 2 is 0.982 bits per heavy atom. The van der Waals surface area contributed by atoms with Crippen LogP contribution in [-0.4, -0.2) is 46.9 Å². The van der Waals surface area contributed by atoms with Gasteiger partial charge in [0.05, 0.1) is 25.2 Å². The quantitative estimate of drug-likeness (QED) is 0.0326. The van der Waals surface area contributed by atoms with Crippen molar-refractivity contribution in [2.45, 2.75) is 257 Å². The van der Waals surface area contributed by atoms with Crippen molar-refractivity contribution in [1.82, 2.24) is 5.32 Å². The number of hydrogen-bond donors (Lipinski definition) is 3. The third-order valence-corrected chi connectivity index (χ3v) is 10.7. The Hall–Kier alpha value is -1.92. The maximum absolute atomic E-state index is 13.1. The van der Waals surface area contributed by atoms with Crippen LogP contribution in [0.2, 0.25) is 0 Å². The first-order valence-corrected chi connectivity index (χ1v) is 23.7. The van der Waals surface area contributed by atoms with Crippen molar-refractivity contribution in [2.75, 3.05) is 6.61 Å². The second-order valence-corrected chi connectivity index (χ2v) is 16.1. The summed E-state index contributed by atoms with van der Waals surface area (Å²) < 4.78 is 5.89. The molecular weight excluding hydrogens is 683 g/mol. The second kappa shape index (κ2) is 43.2. The van der Waals surface area contributed by atoms with E-state index in [1.54, 1.807) is 0 Å². The molecule has 0 fully saturated rings. The fourth-order valence-corrected chi connectivity index (χ4v) is 7.15. The van der Waals surface area contributed by atoms with Gasteiger partial charge in [0.1, 0.15) is 6.10 Å². The zero-order chi connectivity index (χ0) is 40.3. The largest absolute Gasteiger partial charge is 0.462 e. The molecule has 0 rings (SSSR count). The Kier molecular flexibility index (Phi) is 41.7. The van der Waals surface area contributed by atoms with E-state index in [-0.39, 0.29) is 24.9 Å². The number of unbranched alkanes of at least 4 members (excludes halogenated alkanes) is 24. The first-order valence-electron chi connectivity index (χ1n) is 23.7. The number of ether oxygens (including phenoxy) is 1. The molecule has 0 heterocycles. The third-order valence-electron chi connectivity index (χ3n) is 10.7. The second-order valence-electron chi connectivity index (χ2n) is 16.1. The van der Waals surface area contributed by atoms with Crippen molar-refractivity contribution in [3.63, 3.8) is 0 Å². The zero-order valence-electron chi connectivity index (χ0n) is 36.6. The molecule has 3 atom stereocenters. The van der Waals surface area contributed by atoms with E-state index in [1.807, 2.05) is 0 Å². The highest BCUT2D eigenvalue weighted by atomic mass is 16.5. The summed E-state index contributed by atoms with van der Waals surface area (Å²) in [6, 6.07) is -0.704. The van der Waals surface area contributed by atoms with Gasteiger partial charge in [-0.2, -0.15) is 0 Å². The monoisotopic (exact) mass is 774 g/mol. The summed E-state index contributed by atoms with van der Waals surface area (Å²) in [6.07, 6.45) is 49.2. The van der Waals surface area contributed by atoms with Crippen molar-refractivity contribution >= 4 is 11.9 Å². The van der Waals surface area contributed by atoms with E-state index in [4.69, 9.17) is 4.74 Å². The summed E-state index contributed by atoms with van der Waals surface area (Å²) in [5.41, 5.74) is 0. The predicted octanol–water partition coefficient (Wildman–Crippen LogP) is 13.7. The lowest BCUT2D eigenvalue weighted by molar-refractivity contribution is -0.151. The van der Waals surface area contributed by atoms with Gasteiger partial charge in [0.2, 0.25) is 5.91 Å². The molecule has 3 N–H and O–H groups in total. The van der Waals surface area contributed by atoms with E-state index >= 15 is 0 Å². The minimum Gasteiger partial charge on any atom is -0.462 e. The average Bonchev–Trinajstić information content (AvgIpc) is 3.18. The SMILES string of the molecule is CC/C=C/C/C=C/C/C=C/CCCCCCC(CC(=O)NC(CO)C(O)CCCCCCCCCCCCCCC)OC(=O)CCCCCCCCCCC. The molecule has 0 aromatic carbocycles. The van der Waals surface area contributed by atoms with Crippen molar-refractivity contribution in [1.29, 1.82) is 0 Å². The molecule has 0 saturated heterocycles. The first kappa shape index (κ1) is 53.1. The summed E-state index contributed by atoms with van der Waals surface area (Å²) in [5.74, 6) is -0.493. The number of amides is 1. The van der Waals surface area contributed by atoms with E-state index in [0.29, 0.717) is 19.3 Å². The van der Waals surface area contributed by atoms with Crippen LogP contribution >= 0.6 is 0 Å². The van der Waals surface area contributed by atoms with Crippen LogP contribution in [0.4, 0.5) is 0 Å². The highest BCUT2D eigenvalue weighted by molar-refractivity contribution is 5.77. The topological polar surface area (TPSA) is 95.9 Å². The van der Waals surface area contributed by atoms with Crippen molar-refractivity contribution in [3.05, 3.63) is 36.5 Å². The van der Waals surface area contributed by atoms with Crippen LogP contribution < -0.4 is 5.32 Å². The van der Waals surface area contributed by atoms with E-state index in [9.17, 15) is 19.8 Å². The van der Waals surface area contributed by atoms with Gasteiger partial charge in [-0.1, -0.05) is 205 Å². The van der Waals surface area contributed by atoms with Gasteiger partial charge in [-0.05, 0) is 57.8 Å². The Labute approximate surface area is 341 Å². The average molecular weight is 774 g/mol. The third kappa shape index (κ3) is 38.7. The molecule has 322 valence electrons. The standard InChI is InChI=1S/C49H91NO5/c1-4-7-10-13-16-19-21-23-25-26-29-31-34-37-40-45(55-49(54)42-39-36-33-28-18-15-12-9-6-3)43-48(53)50-46(44-51)47(52)41-38-35-32-30-27-24-22-20-17-14-11-8-5-2/h7,10,16,19,23,25,45-47,51-52H,4-6,8-9,11-15,17-18,20-22,24,26-44H2,1-3H3,(H,50,53)/b10-7+,19-16+,25-23+. The molecular formula is C49H91NO5. The Morgan fingerprint density at radius 3 is 1.49 bits per heavy atom. The molecule has 0 aliphatic rings. The van der Waals surface area contributed by atoms with Crippen molar-refractivity contribution in [3.8, 4) is 0 Å². The number of nitrogens with one attached hydrogen (secondary N) is 1. The first-order chi connectivity index (χ1) is 27.0. The lowest BCUT2D eigenvalue weighted by Gasteiger charge is -2.24. The number of allylic oxidation sites excluding steroid dienone is 6. The van der Waals surface area contributed by atoms with Crippen LogP contribution in [0.15, 0.2) is 36.5 Å². The van der Waals surface area contributed by atoms with Gasteiger partial charge >= 0.3 is 5.97 Å². The van der Waals surface area contributed by atoms with Crippen LogP contribution in [0.5, 0.6) is 0 Å². The summed E-state index contributed by atoms with van der Waals surface area (Å²) in [7, 11) is 0. The fourth-order valence-electron chi connectivity index (χ4n) is 7.15. The van der Waals surface area contributed by atoms with Crippen LogP contribution in [-0.2, 0) is 14.3 Å². The maximum Gasteiger partial charge on any atom is 0.306 e. The normalized spacial score (nSPS) is 13.6. The summed E-state index contributed by atoms with van der Waals surface area (Å²) in [6.45, 7) is 6.34. The minimum absolute atomic E-state index is 0.0654. The lowest BCUT2D eigenvalue weighted by atomic mass is 10.0. The molecule has 0 aromatic rings. The lowest BCUT2D eigenvalue weighted by Crippen LogP contribution is -2.46. The maximum atomic E-state index is 13.1. The number of rotatable bonds is 42. The molecule has 55 heavy (non-hydrogen) atoms. The fraction of sp³-hybridized carbons (Fsp3) is 0.837. The summed E-state index contributed by atoms with van der Waals surface area (Å²) in [5, 5.41) is 23.7. The Bertz CT molecular complexity index is 915. The number of carbonyl (C=O) groups is 2. The zero-order valence-corrected chi connectivity index (χ0v) is 36.6. The van der Waals surface area contributed by atoms with E-state index in [0.717, 1.165) is 89.9 Å². The molecule has 0 aliphatic heterocycles. The van der Waals surface area contributed by atoms with Gasteiger partial charge in [0.15, 0.2) is 0 Å². The Morgan fingerprint density at radius 1 is 0.545 bits per heavy atom. The van der Waals surface area contributed by atoms with Crippen LogP contribution in [0, 0.1) is 0 Å². The van der Waals surface area contributed by atoms with Gasteiger partial charge in [0.25, 0.3) is 0 Å². The number of aliphatic hydroxyl groups excluding tert-OH is 2. The Balaban J connectivity index is 4.58. The van der Waals surface area contributed by atoms with Crippen LogP contribution in [0.1, 0.15) is 239 Å². The number of carbonyl (C=O) groups excluding carboxylic acids is 2. The van der Waals surface area contributed by atoms with Gasteiger partial charge < -0.3 is 20.3 Å². The molecule has 6 heteroatoms. The molecule has 0 aromatic heterocycles. The summed E-state index contributed by atoms with van der Waals surface area (Å²) >= 11 is 0. The minimum atomic E-state index is -0.790. The summed E-state index contributed by atoms with van der Waals surface area (Å²) in [4.78, 5) is 26.0. The van der Waals surface area contributed by atoms with E-state index in [1.165, 1.54) is 103 Å². The molecule has 0 spiro atoms. The van der Waals surface area contributed by atoms with Crippen molar-refractivity contribution < 1.29 is 24.5 Å². The van der Waals surface area contributed by atoms with Crippen LogP contribution in [0.25, 0.3) is 0 Å². The smallest absolute Gasteiger partial charge is 0.306 e. The number of esters is 1.